The number of nitrogens with one attached hydrogen (secondary N) is 1. The van der Waals surface area contributed by atoms with Crippen LogP contribution in [0.1, 0.15) is 18.3 Å². The van der Waals surface area contributed by atoms with Crippen LogP contribution in [0, 0.1) is 0 Å². The number of hydrogen-bond donors (Lipinski definition) is 2. The number of carbonyl (C=O) groups is 1. The molecule has 3 rings (SSSR count). The van der Waals surface area contributed by atoms with Gasteiger partial charge in [0.05, 0.1) is 10.1 Å². The summed E-state index contributed by atoms with van der Waals surface area (Å²) in [4.78, 5) is 12.6. The van der Waals surface area contributed by atoms with E-state index in [1.165, 1.54) is 30.0 Å². The van der Waals surface area contributed by atoms with Gasteiger partial charge in [-0.05, 0) is 30.7 Å². The molecule has 1 unspecified atom stereocenters. The van der Waals surface area contributed by atoms with Crippen molar-refractivity contribution < 1.29 is 13.2 Å². The Hall–Kier alpha value is -2.95. The van der Waals surface area contributed by atoms with Crippen LogP contribution in [-0.4, -0.2) is 34.3 Å². The molecule has 1 atom stereocenters. The Morgan fingerprint density at radius 3 is 2.65 bits per heavy atom. The van der Waals surface area contributed by atoms with Crippen molar-refractivity contribution in [2.75, 3.05) is 5.32 Å². The van der Waals surface area contributed by atoms with Gasteiger partial charge in [0.1, 0.15) is 5.82 Å². The molecule has 3 N–H and O–H groups in total. The van der Waals surface area contributed by atoms with Gasteiger partial charge in [-0.25, -0.2) is 13.6 Å². The van der Waals surface area contributed by atoms with Crippen LogP contribution in [0.15, 0.2) is 77.3 Å². The maximum Gasteiger partial charge on any atom is 0.238 e. The molecule has 10 heteroatoms. The maximum atomic E-state index is 12.7. The number of thioether (sulfide) groups is 1. The fraction of sp³-hybridized carbons (Fsp3) is 0.190. The molecule has 0 aliphatic carbocycles. The molecular formula is C21H23N5O3S2. The Bertz CT molecular complexity index is 1180. The third kappa shape index (κ3) is 6.03. The van der Waals surface area contributed by atoms with Crippen molar-refractivity contribution >= 4 is 33.4 Å². The molecule has 31 heavy (non-hydrogen) atoms. The van der Waals surface area contributed by atoms with Crippen LogP contribution in [0.3, 0.4) is 0 Å². The highest BCUT2D eigenvalue weighted by atomic mass is 32.2. The molecule has 0 saturated carbocycles. The zero-order valence-electron chi connectivity index (χ0n) is 16.9. The molecule has 2 aromatic carbocycles. The zero-order valence-corrected chi connectivity index (χ0v) is 18.6. The minimum Gasteiger partial charge on any atom is -0.325 e. The Labute approximate surface area is 185 Å². The smallest absolute Gasteiger partial charge is 0.238 e. The van der Waals surface area contributed by atoms with E-state index >= 15 is 0 Å². The standard InChI is InChI=1S/C21H23N5O3S2/c1-3-12-26-19(13-16-8-5-4-6-9-16)24-25-21(26)30-15(2)20(27)23-17-10-7-11-18(14-17)31(22,28)29/h3-11,14-15H,1,12-13H2,2H3,(H,23,27)(H2,22,28,29). The van der Waals surface area contributed by atoms with E-state index in [2.05, 4.69) is 22.1 Å². The first-order valence-electron chi connectivity index (χ1n) is 9.45. The molecule has 1 aromatic heterocycles. The summed E-state index contributed by atoms with van der Waals surface area (Å²) in [7, 11) is -3.85. The summed E-state index contributed by atoms with van der Waals surface area (Å²) in [5.74, 6) is 0.483. The van der Waals surface area contributed by atoms with E-state index in [-0.39, 0.29) is 10.8 Å². The maximum absolute atomic E-state index is 12.7. The number of nitrogens with zero attached hydrogens (tertiary/aromatic N) is 3. The van der Waals surface area contributed by atoms with Crippen LogP contribution in [0.2, 0.25) is 0 Å². The Balaban J connectivity index is 1.73. The summed E-state index contributed by atoms with van der Waals surface area (Å²) < 4.78 is 25.0. The molecule has 8 nitrogen and oxygen atoms in total. The SMILES string of the molecule is C=CCn1c(Cc2ccccc2)nnc1SC(C)C(=O)Nc1cccc(S(N)(=O)=O)c1. The van der Waals surface area contributed by atoms with Gasteiger partial charge in [0.2, 0.25) is 15.9 Å². The summed E-state index contributed by atoms with van der Waals surface area (Å²) in [6, 6.07) is 15.7. The fourth-order valence-corrected chi connectivity index (χ4v) is 4.27. The molecule has 0 aliphatic heterocycles. The van der Waals surface area contributed by atoms with Crippen molar-refractivity contribution in [2.24, 2.45) is 5.14 Å². The van der Waals surface area contributed by atoms with E-state index < -0.39 is 15.3 Å². The summed E-state index contributed by atoms with van der Waals surface area (Å²) in [6.45, 7) is 6.06. The van der Waals surface area contributed by atoms with Crippen molar-refractivity contribution in [1.82, 2.24) is 14.8 Å². The molecule has 1 amide bonds. The second-order valence-electron chi connectivity index (χ2n) is 6.78. The second-order valence-corrected chi connectivity index (χ2v) is 9.65. The first kappa shape index (κ1) is 22.7. The molecule has 0 saturated heterocycles. The molecule has 0 fully saturated rings. The number of anilines is 1. The van der Waals surface area contributed by atoms with Gasteiger partial charge in [0.15, 0.2) is 5.16 Å². The Morgan fingerprint density at radius 1 is 1.23 bits per heavy atom. The summed E-state index contributed by atoms with van der Waals surface area (Å²) in [5.41, 5.74) is 1.46. The number of carbonyl (C=O) groups excluding carboxylic acids is 1. The first-order valence-corrected chi connectivity index (χ1v) is 11.9. The summed E-state index contributed by atoms with van der Waals surface area (Å²) in [6.07, 6.45) is 2.37. The molecule has 0 radical (unpaired) electrons. The van der Waals surface area contributed by atoms with E-state index in [4.69, 9.17) is 5.14 Å². The minimum absolute atomic E-state index is 0.0677. The quantitative estimate of drug-likeness (QED) is 0.377. The minimum atomic E-state index is -3.85. The molecule has 0 aliphatic rings. The first-order chi connectivity index (χ1) is 14.8. The lowest BCUT2D eigenvalue weighted by Gasteiger charge is -2.13. The van der Waals surface area contributed by atoms with Gasteiger partial charge in [0.25, 0.3) is 0 Å². The lowest BCUT2D eigenvalue weighted by Crippen LogP contribution is -2.23. The number of sulfonamides is 1. The van der Waals surface area contributed by atoms with Gasteiger partial charge in [-0.3, -0.25) is 4.79 Å². The van der Waals surface area contributed by atoms with Gasteiger partial charge in [-0.1, -0.05) is 54.2 Å². The molecule has 0 bridgehead atoms. The van der Waals surface area contributed by atoms with E-state index in [1.807, 2.05) is 34.9 Å². The average Bonchev–Trinajstić information content (AvgIpc) is 3.09. The monoisotopic (exact) mass is 457 g/mol. The fourth-order valence-electron chi connectivity index (χ4n) is 2.83. The third-order valence-electron chi connectivity index (χ3n) is 4.39. The van der Waals surface area contributed by atoms with Crippen molar-refractivity contribution in [1.29, 1.82) is 0 Å². The van der Waals surface area contributed by atoms with Crippen molar-refractivity contribution in [2.45, 2.75) is 35.2 Å². The van der Waals surface area contributed by atoms with Crippen LogP contribution in [-0.2, 0) is 27.8 Å². The van der Waals surface area contributed by atoms with Gasteiger partial charge in [0, 0.05) is 18.7 Å². The van der Waals surface area contributed by atoms with Crippen LogP contribution >= 0.6 is 11.8 Å². The molecular weight excluding hydrogens is 434 g/mol. The van der Waals surface area contributed by atoms with Crippen LogP contribution in [0.5, 0.6) is 0 Å². The Kier molecular flexibility index (Phi) is 7.26. The molecule has 0 spiro atoms. The highest BCUT2D eigenvalue weighted by molar-refractivity contribution is 8.00. The lowest BCUT2D eigenvalue weighted by atomic mass is 10.1. The highest BCUT2D eigenvalue weighted by Crippen LogP contribution is 2.25. The predicted molar refractivity (Wildman–Crippen MR) is 121 cm³/mol. The summed E-state index contributed by atoms with van der Waals surface area (Å²) >= 11 is 1.27. The topological polar surface area (TPSA) is 120 Å². The lowest BCUT2D eigenvalue weighted by molar-refractivity contribution is -0.115. The van der Waals surface area contributed by atoms with Crippen LogP contribution in [0.4, 0.5) is 5.69 Å². The normalized spacial score (nSPS) is 12.3. The number of aromatic nitrogens is 3. The van der Waals surface area contributed by atoms with Gasteiger partial charge in [-0.2, -0.15) is 0 Å². The largest absolute Gasteiger partial charge is 0.325 e. The highest BCUT2D eigenvalue weighted by Gasteiger charge is 2.20. The van der Waals surface area contributed by atoms with Gasteiger partial charge in [-0.15, -0.1) is 16.8 Å². The Morgan fingerprint density at radius 2 is 1.97 bits per heavy atom. The number of hydrogen-bond acceptors (Lipinski definition) is 6. The third-order valence-corrected chi connectivity index (χ3v) is 6.38. The van der Waals surface area contributed by atoms with E-state index in [1.54, 1.807) is 19.1 Å². The molecule has 1 heterocycles. The molecule has 162 valence electrons. The second kappa shape index (κ2) is 9.90. The zero-order chi connectivity index (χ0) is 22.4. The van der Waals surface area contributed by atoms with E-state index in [0.29, 0.717) is 23.8 Å². The predicted octanol–water partition coefficient (Wildman–Crippen LogP) is 2.82. The van der Waals surface area contributed by atoms with Crippen molar-refractivity contribution in [3.05, 3.63) is 78.6 Å². The number of benzene rings is 2. The number of allylic oxidation sites excluding steroid dienone is 1. The van der Waals surface area contributed by atoms with Gasteiger partial charge >= 0.3 is 0 Å². The van der Waals surface area contributed by atoms with E-state index in [0.717, 1.165) is 11.4 Å². The summed E-state index contributed by atoms with van der Waals surface area (Å²) in [5, 5.41) is 16.5. The number of amides is 1. The van der Waals surface area contributed by atoms with Crippen molar-refractivity contribution in [3.8, 4) is 0 Å². The van der Waals surface area contributed by atoms with Crippen LogP contribution in [0.25, 0.3) is 0 Å². The molecule has 3 aromatic rings. The number of primary sulfonamides is 1. The number of nitrogens with two attached hydrogens (primary N) is 1. The number of rotatable bonds is 9. The van der Waals surface area contributed by atoms with Crippen LogP contribution < -0.4 is 10.5 Å². The average molecular weight is 458 g/mol. The van der Waals surface area contributed by atoms with E-state index in [9.17, 15) is 13.2 Å². The van der Waals surface area contributed by atoms with Crippen molar-refractivity contribution in [3.63, 3.8) is 0 Å². The van der Waals surface area contributed by atoms with Gasteiger partial charge < -0.3 is 9.88 Å².